The smallest absolute Gasteiger partial charge is 0.231 e. The number of anilines is 1. The van der Waals surface area contributed by atoms with Gasteiger partial charge in [-0.2, -0.15) is 0 Å². The molecule has 2 aromatic carbocycles. The van der Waals surface area contributed by atoms with Crippen LogP contribution in [0.15, 0.2) is 60.0 Å². The highest BCUT2D eigenvalue weighted by atomic mass is 32.2. The second-order valence-electron chi connectivity index (χ2n) is 7.04. The van der Waals surface area contributed by atoms with E-state index < -0.39 is 15.9 Å². The van der Waals surface area contributed by atoms with Gasteiger partial charge in [0.1, 0.15) is 5.82 Å². The molecule has 0 saturated carbocycles. The molecule has 0 spiro atoms. The van der Waals surface area contributed by atoms with Crippen LogP contribution in [0, 0.1) is 5.82 Å². The standard InChI is InChI=1S/C21H22FNO3S/c1-15(2)17-5-9-19(10-6-17)23(20-11-12-27(25,26)14-20)21(24)13-16-3-7-18(22)8-4-16/h3-12,15,20H,13-14H2,1-2H3. The Kier molecular flexibility index (Phi) is 5.46. The number of carbonyl (C=O) groups is 1. The molecule has 27 heavy (non-hydrogen) atoms. The topological polar surface area (TPSA) is 54.5 Å². The Hall–Kier alpha value is -2.47. The molecular weight excluding hydrogens is 365 g/mol. The third-order valence-electron chi connectivity index (χ3n) is 4.62. The quantitative estimate of drug-likeness (QED) is 0.783. The lowest BCUT2D eigenvalue weighted by Gasteiger charge is -2.28. The molecule has 1 aliphatic rings. The zero-order valence-electron chi connectivity index (χ0n) is 15.3. The number of benzene rings is 2. The maximum absolute atomic E-state index is 13.1. The molecule has 1 atom stereocenters. The van der Waals surface area contributed by atoms with Gasteiger partial charge in [-0.25, -0.2) is 12.8 Å². The van der Waals surface area contributed by atoms with Gasteiger partial charge in [-0.05, 0) is 47.4 Å². The van der Waals surface area contributed by atoms with Crippen molar-refractivity contribution in [2.45, 2.75) is 32.2 Å². The number of amides is 1. The predicted octanol–water partition coefficient (Wildman–Crippen LogP) is 3.84. The number of halogens is 1. The van der Waals surface area contributed by atoms with Crippen LogP contribution in [0.1, 0.15) is 30.9 Å². The van der Waals surface area contributed by atoms with E-state index in [0.717, 1.165) is 5.56 Å². The zero-order valence-corrected chi connectivity index (χ0v) is 16.1. The van der Waals surface area contributed by atoms with Crippen LogP contribution >= 0.6 is 0 Å². The predicted molar refractivity (Wildman–Crippen MR) is 105 cm³/mol. The normalized spacial score (nSPS) is 18.0. The number of hydrogen-bond acceptors (Lipinski definition) is 3. The van der Waals surface area contributed by atoms with Crippen LogP contribution in [-0.4, -0.2) is 26.1 Å². The average molecular weight is 387 g/mol. The highest BCUT2D eigenvalue weighted by Gasteiger charge is 2.31. The van der Waals surface area contributed by atoms with Gasteiger partial charge in [-0.3, -0.25) is 4.79 Å². The number of sulfone groups is 1. The molecule has 2 aromatic rings. The first kappa shape index (κ1) is 19.3. The maximum atomic E-state index is 13.1. The summed E-state index contributed by atoms with van der Waals surface area (Å²) in [6, 6.07) is 12.8. The fraction of sp³-hybridized carbons (Fsp3) is 0.286. The van der Waals surface area contributed by atoms with E-state index in [-0.39, 0.29) is 23.9 Å². The molecule has 0 bridgehead atoms. The van der Waals surface area contributed by atoms with Crippen molar-refractivity contribution in [3.8, 4) is 0 Å². The highest BCUT2D eigenvalue weighted by Crippen LogP contribution is 2.26. The Morgan fingerprint density at radius 2 is 1.74 bits per heavy atom. The van der Waals surface area contributed by atoms with E-state index in [4.69, 9.17) is 0 Å². The molecule has 142 valence electrons. The van der Waals surface area contributed by atoms with Crippen LogP contribution in [0.4, 0.5) is 10.1 Å². The van der Waals surface area contributed by atoms with Gasteiger partial charge >= 0.3 is 0 Å². The summed E-state index contributed by atoms with van der Waals surface area (Å²) >= 11 is 0. The molecule has 1 aliphatic heterocycles. The zero-order chi connectivity index (χ0) is 19.6. The lowest BCUT2D eigenvalue weighted by molar-refractivity contribution is -0.118. The minimum atomic E-state index is -3.31. The molecule has 3 rings (SSSR count). The largest absolute Gasteiger partial charge is 0.304 e. The first-order valence-electron chi connectivity index (χ1n) is 8.82. The second kappa shape index (κ2) is 7.64. The molecule has 0 N–H and O–H groups in total. The Morgan fingerprint density at radius 1 is 1.11 bits per heavy atom. The number of rotatable bonds is 5. The Balaban J connectivity index is 1.90. The van der Waals surface area contributed by atoms with E-state index in [1.54, 1.807) is 18.2 Å². The lowest BCUT2D eigenvalue weighted by Crippen LogP contribution is -2.42. The van der Waals surface area contributed by atoms with Crippen LogP contribution in [0.3, 0.4) is 0 Å². The van der Waals surface area contributed by atoms with Crippen molar-refractivity contribution in [3.05, 3.63) is 77.0 Å². The first-order valence-corrected chi connectivity index (χ1v) is 10.5. The van der Waals surface area contributed by atoms with Gasteiger partial charge in [0, 0.05) is 11.1 Å². The van der Waals surface area contributed by atoms with Crippen LogP contribution in [0.2, 0.25) is 0 Å². The van der Waals surface area contributed by atoms with E-state index in [0.29, 0.717) is 17.2 Å². The van der Waals surface area contributed by atoms with Crippen LogP contribution in [0.5, 0.6) is 0 Å². The van der Waals surface area contributed by atoms with Gasteiger partial charge in [0.25, 0.3) is 0 Å². The van der Waals surface area contributed by atoms with Crippen molar-refractivity contribution >= 4 is 21.4 Å². The van der Waals surface area contributed by atoms with Gasteiger partial charge in [0.15, 0.2) is 9.84 Å². The maximum Gasteiger partial charge on any atom is 0.231 e. The third-order valence-corrected chi connectivity index (χ3v) is 6.00. The lowest BCUT2D eigenvalue weighted by atomic mass is 10.0. The monoisotopic (exact) mass is 387 g/mol. The van der Waals surface area contributed by atoms with E-state index in [2.05, 4.69) is 13.8 Å². The third kappa shape index (κ3) is 4.63. The summed E-state index contributed by atoms with van der Waals surface area (Å²) in [5, 5.41) is 1.17. The molecule has 0 saturated heterocycles. The average Bonchev–Trinajstić information content (AvgIpc) is 2.97. The van der Waals surface area contributed by atoms with Gasteiger partial charge in [-0.1, -0.05) is 38.1 Å². The van der Waals surface area contributed by atoms with Gasteiger partial charge in [-0.15, -0.1) is 0 Å². The minimum absolute atomic E-state index is 0.0661. The van der Waals surface area contributed by atoms with Crippen molar-refractivity contribution in [2.75, 3.05) is 10.7 Å². The summed E-state index contributed by atoms with van der Waals surface area (Å²) in [7, 11) is -3.31. The Bertz CT molecular complexity index is 948. The van der Waals surface area contributed by atoms with E-state index in [9.17, 15) is 17.6 Å². The van der Waals surface area contributed by atoms with Crippen molar-refractivity contribution in [1.82, 2.24) is 0 Å². The van der Waals surface area contributed by atoms with Crippen molar-refractivity contribution < 1.29 is 17.6 Å². The number of nitrogens with zero attached hydrogens (tertiary/aromatic N) is 1. The van der Waals surface area contributed by atoms with Crippen molar-refractivity contribution in [2.24, 2.45) is 0 Å². The van der Waals surface area contributed by atoms with Crippen molar-refractivity contribution in [1.29, 1.82) is 0 Å². The second-order valence-corrected chi connectivity index (χ2v) is 8.97. The molecule has 0 radical (unpaired) electrons. The number of hydrogen-bond donors (Lipinski definition) is 0. The first-order chi connectivity index (χ1) is 12.7. The summed E-state index contributed by atoms with van der Waals surface area (Å²) in [6.07, 6.45) is 1.62. The number of carbonyl (C=O) groups excluding carboxylic acids is 1. The highest BCUT2D eigenvalue weighted by molar-refractivity contribution is 7.94. The van der Waals surface area contributed by atoms with Crippen LogP contribution in [0.25, 0.3) is 0 Å². The fourth-order valence-corrected chi connectivity index (χ4v) is 4.39. The summed E-state index contributed by atoms with van der Waals surface area (Å²) in [4.78, 5) is 14.5. The summed E-state index contributed by atoms with van der Waals surface area (Å²) in [5.41, 5.74) is 2.47. The van der Waals surface area contributed by atoms with Crippen LogP contribution < -0.4 is 4.90 Å². The Labute approximate surface area is 159 Å². The minimum Gasteiger partial charge on any atom is -0.304 e. The Morgan fingerprint density at radius 3 is 2.26 bits per heavy atom. The molecule has 1 amide bonds. The SMILES string of the molecule is CC(C)c1ccc(N(C(=O)Cc2ccc(F)cc2)C2C=CS(=O)(=O)C2)cc1. The van der Waals surface area contributed by atoms with Crippen LogP contribution in [-0.2, 0) is 21.1 Å². The van der Waals surface area contributed by atoms with Gasteiger partial charge < -0.3 is 4.90 Å². The van der Waals surface area contributed by atoms with Gasteiger partial charge in [0.05, 0.1) is 18.2 Å². The molecule has 0 aliphatic carbocycles. The molecular formula is C21H22FNO3S. The summed E-state index contributed by atoms with van der Waals surface area (Å²) in [5.74, 6) is -0.370. The summed E-state index contributed by atoms with van der Waals surface area (Å²) < 4.78 is 36.9. The van der Waals surface area contributed by atoms with Crippen molar-refractivity contribution in [3.63, 3.8) is 0 Å². The molecule has 1 heterocycles. The van der Waals surface area contributed by atoms with E-state index in [1.165, 1.54) is 22.4 Å². The molecule has 4 nitrogen and oxygen atoms in total. The van der Waals surface area contributed by atoms with E-state index in [1.807, 2.05) is 24.3 Å². The molecule has 6 heteroatoms. The molecule has 0 fully saturated rings. The summed E-state index contributed by atoms with van der Waals surface area (Å²) in [6.45, 7) is 4.16. The molecule has 0 aromatic heterocycles. The fourth-order valence-electron chi connectivity index (χ4n) is 3.12. The van der Waals surface area contributed by atoms with E-state index >= 15 is 0 Å². The van der Waals surface area contributed by atoms with Gasteiger partial charge in [0.2, 0.25) is 5.91 Å². The molecule has 1 unspecified atom stereocenters.